The second-order valence-corrected chi connectivity index (χ2v) is 2.84. The molecule has 0 aliphatic rings. The Hall–Kier alpha value is 0.540. The molecule has 0 fully saturated rings. The Morgan fingerprint density at radius 3 is 2.00 bits per heavy atom. The first kappa shape index (κ1) is 8.54. The summed E-state index contributed by atoms with van der Waals surface area (Å²) in [6, 6.07) is 0. The van der Waals surface area contributed by atoms with Crippen LogP contribution < -0.4 is 0 Å². The van der Waals surface area contributed by atoms with Crippen molar-refractivity contribution in [1.29, 1.82) is 0 Å². The highest BCUT2D eigenvalue weighted by Gasteiger charge is 2.19. The van der Waals surface area contributed by atoms with E-state index >= 15 is 0 Å². The van der Waals surface area contributed by atoms with E-state index in [0.717, 1.165) is 0 Å². The van der Waals surface area contributed by atoms with E-state index in [0.29, 0.717) is 13.0 Å². The monoisotopic (exact) mass is 156 g/mol. The van der Waals surface area contributed by atoms with E-state index in [4.69, 9.17) is 27.9 Å². The quantitative estimate of drug-likeness (QED) is 0.572. The van der Waals surface area contributed by atoms with Gasteiger partial charge in [-0.25, -0.2) is 0 Å². The molecule has 0 saturated carbocycles. The number of rotatable bonds is 3. The fourth-order valence-corrected chi connectivity index (χ4v) is 0.531. The van der Waals surface area contributed by atoms with Gasteiger partial charge in [-0.15, -0.1) is 0 Å². The molecule has 0 bridgehead atoms. The lowest BCUT2D eigenvalue weighted by atomic mass is 10.5. The summed E-state index contributed by atoms with van der Waals surface area (Å²) < 4.78 is 3.95. The normalized spacial score (nSPS) is 12.0. The van der Waals surface area contributed by atoms with Crippen molar-refractivity contribution in [2.45, 2.75) is 24.8 Å². The van der Waals surface area contributed by atoms with Gasteiger partial charge in [-0.1, -0.05) is 30.1 Å². The molecule has 0 heterocycles. The van der Waals surface area contributed by atoms with Crippen LogP contribution in [0.4, 0.5) is 0 Å². The molecule has 0 aliphatic carbocycles. The molecular formula is C5H10Cl2O. The topological polar surface area (TPSA) is 9.23 Å². The van der Waals surface area contributed by atoms with E-state index < -0.39 is 4.52 Å². The van der Waals surface area contributed by atoms with Crippen LogP contribution in [0.3, 0.4) is 0 Å². The zero-order valence-electron chi connectivity index (χ0n) is 5.08. The molecule has 3 heteroatoms. The molecule has 0 radical (unpaired) electrons. The molecule has 0 amide bonds. The van der Waals surface area contributed by atoms with Crippen molar-refractivity contribution in [2.75, 3.05) is 6.61 Å². The van der Waals surface area contributed by atoms with Crippen LogP contribution in [0.15, 0.2) is 0 Å². The van der Waals surface area contributed by atoms with Gasteiger partial charge >= 0.3 is 0 Å². The smallest absolute Gasteiger partial charge is 0.217 e. The van der Waals surface area contributed by atoms with Crippen LogP contribution in [0.2, 0.25) is 0 Å². The Labute approximate surface area is 59.9 Å². The highest BCUT2D eigenvalue weighted by Crippen LogP contribution is 2.25. The summed E-state index contributed by atoms with van der Waals surface area (Å²) >= 11 is 11.1. The molecule has 0 saturated heterocycles. The van der Waals surface area contributed by atoms with Gasteiger partial charge in [0.2, 0.25) is 4.52 Å². The Morgan fingerprint density at radius 2 is 1.88 bits per heavy atom. The first-order valence-electron chi connectivity index (χ1n) is 2.64. The maximum Gasteiger partial charge on any atom is 0.217 e. The first-order valence-corrected chi connectivity index (χ1v) is 3.39. The fourth-order valence-electron chi connectivity index (χ4n) is 0.313. The van der Waals surface area contributed by atoms with Crippen molar-refractivity contribution < 1.29 is 4.74 Å². The number of halogens is 2. The highest BCUT2D eigenvalue weighted by molar-refractivity contribution is 6.47. The highest BCUT2D eigenvalue weighted by atomic mass is 35.5. The third kappa shape index (κ3) is 3.53. The summed E-state index contributed by atoms with van der Waals surface area (Å²) in [4.78, 5) is 0. The van der Waals surface area contributed by atoms with Gasteiger partial charge in [-0.05, 0) is 6.92 Å². The molecule has 0 atom stereocenters. The van der Waals surface area contributed by atoms with Gasteiger partial charge in [0.1, 0.15) is 0 Å². The number of alkyl halides is 2. The number of hydrogen-bond acceptors (Lipinski definition) is 1. The molecule has 0 rings (SSSR count). The van der Waals surface area contributed by atoms with Crippen molar-refractivity contribution >= 4 is 23.2 Å². The summed E-state index contributed by atoms with van der Waals surface area (Å²) in [5.74, 6) is 0. The average Bonchev–Trinajstić information content (AvgIpc) is 1.67. The minimum absolute atomic E-state index is 0.556. The van der Waals surface area contributed by atoms with Crippen LogP contribution in [0, 0.1) is 0 Å². The Balaban J connectivity index is 3.37. The van der Waals surface area contributed by atoms with Crippen LogP contribution in [-0.4, -0.2) is 11.1 Å². The third-order valence-corrected chi connectivity index (χ3v) is 1.52. The van der Waals surface area contributed by atoms with Gasteiger partial charge in [0.25, 0.3) is 0 Å². The maximum atomic E-state index is 5.56. The maximum absolute atomic E-state index is 5.56. The van der Waals surface area contributed by atoms with Gasteiger partial charge < -0.3 is 4.74 Å². The molecule has 0 N–H and O–H groups in total. The van der Waals surface area contributed by atoms with E-state index in [-0.39, 0.29) is 0 Å². The van der Waals surface area contributed by atoms with Gasteiger partial charge in [0, 0.05) is 13.0 Å². The number of hydrogen-bond donors (Lipinski definition) is 0. The van der Waals surface area contributed by atoms with Crippen LogP contribution in [0.5, 0.6) is 0 Å². The minimum atomic E-state index is -0.964. The van der Waals surface area contributed by atoms with Crippen molar-refractivity contribution in [3.63, 3.8) is 0 Å². The summed E-state index contributed by atoms with van der Waals surface area (Å²) in [5, 5.41) is 0. The number of ether oxygens (including phenoxy) is 1. The van der Waals surface area contributed by atoms with Crippen LogP contribution >= 0.6 is 23.2 Å². The standard InChI is InChI=1S/C5H10Cl2O/c1-3-5(6,7)8-4-2/h3-4H2,1-2H3. The molecule has 0 aromatic heterocycles. The first-order chi connectivity index (χ1) is 3.62. The Morgan fingerprint density at radius 1 is 1.38 bits per heavy atom. The van der Waals surface area contributed by atoms with Gasteiger partial charge in [0.05, 0.1) is 0 Å². The minimum Gasteiger partial charge on any atom is -0.347 e. The Bertz CT molecular complexity index is 63.4. The van der Waals surface area contributed by atoms with E-state index in [2.05, 4.69) is 0 Å². The van der Waals surface area contributed by atoms with E-state index in [9.17, 15) is 0 Å². The molecule has 0 spiro atoms. The third-order valence-electron chi connectivity index (χ3n) is 0.767. The second-order valence-electron chi connectivity index (χ2n) is 1.42. The zero-order chi connectivity index (χ0) is 6.62. The zero-order valence-corrected chi connectivity index (χ0v) is 6.59. The van der Waals surface area contributed by atoms with Crippen molar-refractivity contribution in [3.8, 4) is 0 Å². The van der Waals surface area contributed by atoms with Gasteiger partial charge in [0.15, 0.2) is 0 Å². The van der Waals surface area contributed by atoms with E-state index in [1.807, 2.05) is 13.8 Å². The lowest BCUT2D eigenvalue weighted by Crippen LogP contribution is -2.15. The summed E-state index contributed by atoms with van der Waals surface area (Å²) in [7, 11) is 0. The molecule has 50 valence electrons. The van der Waals surface area contributed by atoms with E-state index in [1.54, 1.807) is 0 Å². The van der Waals surface area contributed by atoms with Crippen molar-refractivity contribution in [2.24, 2.45) is 0 Å². The van der Waals surface area contributed by atoms with E-state index in [1.165, 1.54) is 0 Å². The van der Waals surface area contributed by atoms with Crippen LogP contribution in [0.25, 0.3) is 0 Å². The fraction of sp³-hybridized carbons (Fsp3) is 1.00. The molecular weight excluding hydrogens is 147 g/mol. The Kier molecular flexibility index (Phi) is 3.78. The van der Waals surface area contributed by atoms with Crippen LogP contribution in [-0.2, 0) is 4.74 Å². The molecule has 0 aromatic rings. The van der Waals surface area contributed by atoms with Crippen molar-refractivity contribution in [3.05, 3.63) is 0 Å². The van der Waals surface area contributed by atoms with Crippen molar-refractivity contribution in [1.82, 2.24) is 0 Å². The molecule has 8 heavy (non-hydrogen) atoms. The average molecular weight is 157 g/mol. The largest absolute Gasteiger partial charge is 0.347 e. The molecule has 1 nitrogen and oxygen atoms in total. The second kappa shape index (κ2) is 3.54. The van der Waals surface area contributed by atoms with Crippen LogP contribution in [0.1, 0.15) is 20.3 Å². The molecule has 0 unspecified atom stereocenters. The predicted molar refractivity (Wildman–Crippen MR) is 36.4 cm³/mol. The van der Waals surface area contributed by atoms with Gasteiger partial charge in [-0.3, -0.25) is 0 Å². The summed E-state index contributed by atoms with van der Waals surface area (Å²) in [5.41, 5.74) is 0. The SMILES string of the molecule is CCOC(Cl)(Cl)CC. The lowest BCUT2D eigenvalue weighted by molar-refractivity contribution is 0.0864. The van der Waals surface area contributed by atoms with Gasteiger partial charge in [-0.2, -0.15) is 0 Å². The summed E-state index contributed by atoms with van der Waals surface area (Å²) in [6.45, 7) is 4.28. The predicted octanol–water partition coefficient (Wildman–Crippen LogP) is 2.56. The molecule has 0 aliphatic heterocycles. The molecule has 0 aromatic carbocycles. The summed E-state index contributed by atoms with van der Waals surface area (Å²) in [6.07, 6.45) is 0.615. The lowest BCUT2D eigenvalue weighted by Gasteiger charge is -2.15.